The average molecular weight is 265 g/mol. The summed E-state index contributed by atoms with van der Waals surface area (Å²) in [6, 6.07) is 5.28. The molecule has 102 valence electrons. The fraction of sp³-hybridized carbons (Fsp3) is 0.429. The Bertz CT molecular complexity index is 480. The van der Waals surface area contributed by atoms with Crippen molar-refractivity contribution < 1.29 is 19.1 Å². The molecule has 1 saturated carbocycles. The quantitative estimate of drug-likeness (QED) is 0.857. The monoisotopic (exact) mass is 265 g/mol. The van der Waals surface area contributed by atoms with E-state index in [-0.39, 0.29) is 17.7 Å². The van der Waals surface area contributed by atoms with Crippen LogP contribution >= 0.6 is 0 Å². The second-order valence-corrected chi connectivity index (χ2v) is 5.11. The van der Waals surface area contributed by atoms with Gasteiger partial charge in [0, 0.05) is 12.1 Å². The van der Waals surface area contributed by atoms with E-state index >= 15 is 0 Å². The van der Waals surface area contributed by atoms with E-state index in [1.54, 1.807) is 0 Å². The third-order valence-electron chi connectivity index (χ3n) is 3.67. The number of halogens is 1. The minimum atomic E-state index is -0.837. The van der Waals surface area contributed by atoms with Crippen LogP contribution in [-0.2, 0) is 4.79 Å². The van der Waals surface area contributed by atoms with Gasteiger partial charge >= 0.3 is 5.97 Å². The van der Waals surface area contributed by atoms with Crippen molar-refractivity contribution in [2.45, 2.75) is 25.7 Å². The molecule has 4 nitrogen and oxygen atoms in total. The molecule has 0 bridgehead atoms. The number of carboxylic acids is 1. The summed E-state index contributed by atoms with van der Waals surface area (Å²) < 4.78 is 12.7. The fourth-order valence-electron chi connectivity index (χ4n) is 2.38. The van der Waals surface area contributed by atoms with Gasteiger partial charge in [0.2, 0.25) is 0 Å². The first kappa shape index (κ1) is 13.5. The van der Waals surface area contributed by atoms with Crippen LogP contribution in [0.1, 0.15) is 36.0 Å². The smallest absolute Gasteiger partial charge is 0.303 e. The largest absolute Gasteiger partial charge is 0.481 e. The maximum absolute atomic E-state index is 12.7. The van der Waals surface area contributed by atoms with E-state index < -0.39 is 11.8 Å². The Balaban J connectivity index is 1.92. The zero-order chi connectivity index (χ0) is 13.9. The molecular weight excluding hydrogens is 249 g/mol. The Labute approximate surface area is 110 Å². The molecule has 1 aromatic carbocycles. The van der Waals surface area contributed by atoms with E-state index in [4.69, 9.17) is 5.11 Å². The van der Waals surface area contributed by atoms with Gasteiger partial charge in [-0.2, -0.15) is 0 Å². The van der Waals surface area contributed by atoms with Gasteiger partial charge in [-0.3, -0.25) is 9.59 Å². The van der Waals surface area contributed by atoms with Gasteiger partial charge in [-0.1, -0.05) is 6.42 Å². The van der Waals surface area contributed by atoms with Crippen molar-refractivity contribution in [2.75, 3.05) is 6.54 Å². The van der Waals surface area contributed by atoms with E-state index in [1.165, 1.54) is 24.3 Å². The van der Waals surface area contributed by atoms with Gasteiger partial charge < -0.3 is 10.4 Å². The van der Waals surface area contributed by atoms with Crippen LogP contribution in [0.4, 0.5) is 4.39 Å². The predicted octanol–water partition coefficient (Wildman–Crippen LogP) is 2.20. The lowest BCUT2D eigenvalue weighted by Gasteiger charge is -2.40. The molecule has 1 amide bonds. The molecule has 0 heterocycles. The molecule has 0 atom stereocenters. The third-order valence-corrected chi connectivity index (χ3v) is 3.67. The van der Waals surface area contributed by atoms with Gasteiger partial charge in [0.1, 0.15) is 5.82 Å². The van der Waals surface area contributed by atoms with Crippen LogP contribution < -0.4 is 5.32 Å². The first-order chi connectivity index (χ1) is 9.01. The highest BCUT2D eigenvalue weighted by Gasteiger charge is 2.39. The molecule has 1 fully saturated rings. The summed E-state index contributed by atoms with van der Waals surface area (Å²) in [5, 5.41) is 11.6. The Morgan fingerprint density at radius 3 is 2.37 bits per heavy atom. The summed E-state index contributed by atoms with van der Waals surface area (Å²) in [7, 11) is 0. The van der Waals surface area contributed by atoms with E-state index in [0.717, 1.165) is 19.3 Å². The number of nitrogens with one attached hydrogen (secondary N) is 1. The molecule has 0 aliphatic heterocycles. The number of amides is 1. The number of hydrogen-bond donors (Lipinski definition) is 2. The van der Waals surface area contributed by atoms with Gasteiger partial charge in [0.05, 0.1) is 6.42 Å². The lowest BCUT2D eigenvalue weighted by molar-refractivity contribution is -0.141. The number of aliphatic carboxylic acids is 1. The molecule has 2 rings (SSSR count). The van der Waals surface area contributed by atoms with Crippen molar-refractivity contribution >= 4 is 11.9 Å². The number of benzene rings is 1. The molecule has 2 N–H and O–H groups in total. The van der Waals surface area contributed by atoms with Crippen LogP contribution in [0.5, 0.6) is 0 Å². The topological polar surface area (TPSA) is 66.4 Å². The number of rotatable bonds is 5. The van der Waals surface area contributed by atoms with Crippen molar-refractivity contribution in [1.29, 1.82) is 0 Å². The zero-order valence-corrected chi connectivity index (χ0v) is 10.5. The van der Waals surface area contributed by atoms with Crippen LogP contribution in [0.2, 0.25) is 0 Å². The minimum Gasteiger partial charge on any atom is -0.481 e. The summed E-state index contributed by atoms with van der Waals surface area (Å²) in [5.41, 5.74) is 0.0767. The van der Waals surface area contributed by atoms with E-state index in [1.807, 2.05) is 0 Å². The van der Waals surface area contributed by atoms with Gasteiger partial charge in [0.15, 0.2) is 0 Å². The average Bonchev–Trinajstić information content (AvgIpc) is 2.32. The van der Waals surface area contributed by atoms with Gasteiger partial charge in [-0.15, -0.1) is 0 Å². The highest BCUT2D eigenvalue weighted by atomic mass is 19.1. The Morgan fingerprint density at radius 2 is 1.89 bits per heavy atom. The second-order valence-electron chi connectivity index (χ2n) is 5.11. The molecule has 0 saturated heterocycles. The maximum atomic E-state index is 12.7. The van der Waals surface area contributed by atoms with E-state index in [0.29, 0.717) is 12.1 Å². The van der Waals surface area contributed by atoms with Crippen molar-refractivity contribution in [3.8, 4) is 0 Å². The standard InChI is InChI=1S/C14H16FNO3/c15-11-4-2-10(3-5-11)13(19)16-9-14(6-1-7-14)8-12(17)18/h2-5H,1,6-9H2,(H,16,19)(H,17,18). The van der Waals surface area contributed by atoms with Crippen LogP contribution in [-0.4, -0.2) is 23.5 Å². The minimum absolute atomic E-state index is 0.0801. The SMILES string of the molecule is O=C(O)CC1(CNC(=O)c2ccc(F)cc2)CCC1. The number of carboxylic acid groups (broad SMARTS) is 1. The molecule has 1 aliphatic rings. The van der Waals surface area contributed by atoms with E-state index in [9.17, 15) is 14.0 Å². The molecule has 0 unspecified atom stereocenters. The lowest BCUT2D eigenvalue weighted by atomic mass is 9.66. The molecule has 0 spiro atoms. The maximum Gasteiger partial charge on any atom is 0.303 e. The molecule has 19 heavy (non-hydrogen) atoms. The number of carbonyl (C=O) groups excluding carboxylic acids is 1. The van der Waals surface area contributed by atoms with Crippen molar-refractivity contribution in [3.63, 3.8) is 0 Å². The fourth-order valence-corrected chi connectivity index (χ4v) is 2.38. The van der Waals surface area contributed by atoms with Crippen molar-refractivity contribution in [3.05, 3.63) is 35.6 Å². The molecule has 1 aromatic rings. The van der Waals surface area contributed by atoms with Gasteiger partial charge in [-0.25, -0.2) is 4.39 Å². The third kappa shape index (κ3) is 3.30. The molecule has 0 aromatic heterocycles. The summed E-state index contributed by atoms with van der Waals surface area (Å²) in [6.07, 6.45) is 2.72. The van der Waals surface area contributed by atoms with Crippen LogP contribution in [0.3, 0.4) is 0 Å². The summed E-state index contributed by atoms with van der Waals surface area (Å²) in [5.74, 6) is -1.52. The number of hydrogen-bond acceptors (Lipinski definition) is 2. The second kappa shape index (κ2) is 5.38. The van der Waals surface area contributed by atoms with Gasteiger partial charge in [-0.05, 0) is 42.5 Å². The Morgan fingerprint density at radius 1 is 1.26 bits per heavy atom. The Kier molecular flexibility index (Phi) is 3.83. The summed E-state index contributed by atoms with van der Waals surface area (Å²) >= 11 is 0. The molecule has 1 aliphatic carbocycles. The number of carbonyl (C=O) groups is 2. The van der Waals surface area contributed by atoms with E-state index in [2.05, 4.69) is 5.32 Å². The molecule has 0 radical (unpaired) electrons. The first-order valence-electron chi connectivity index (χ1n) is 6.26. The lowest BCUT2D eigenvalue weighted by Crippen LogP contribution is -2.43. The zero-order valence-electron chi connectivity index (χ0n) is 10.5. The molecule has 5 heteroatoms. The molecular formula is C14H16FNO3. The Hall–Kier alpha value is -1.91. The summed E-state index contributed by atoms with van der Waals surface area (Å²) in [6.45, 7) is 0.357. The summed E-state index contributed by atoms with van der Waals surface area (Å²) in [4.78, 5) is 22.7. The van der Waals surface area contributed by atoms with Crippen molar-refractivity contribution in [2.24, 2.45) is 5.41 Å². The van der Waals surface area contributed by atoms with Crippen LogP contribution in [0, 0.1) is 11.2 Å². The van der Waals surface area contributed by atoms with Gasteiger partial charge in [0.25, 0.3) is 5.91 Å². The van der Waals surface area contributed by atoms with Crippen LogP contribution in [0.25, 0.3) is 0 Å². The van der Waals surface area contributed by atoms with Crippen LogP contribution in [0.15, 0.2) is 24.3 Å². The highest BCUT2D eigenvalue weighted by Crippen LogP contribution is 2.43. The first-order valence-corrected chi connectivity index (χ1v) is 6.26. The predicted molar refractivity (Wildman–Crippen MR) is 67.3 cm³/mol. The van der Waals surface area contributed by atoms with Crippen molar-refractivity contribution in [1.82, 2.24) is 5.32 Å². The normalized spacial score (nSPS) is 16.5. The highest BCUT2D eigenvalue weighted by molar-refractivity contribution is 5.94.